The maximum Gasteiger partial charge on any atom is 0.0628 e. The highest BCUT2D eigenvalue weighted by molar-refractivity contribution is 8.00. The first kappa shape index (κ1) is 13.2. The Hall–Kier alpha value is 0.230. The molecule has 0 amide bonds. The van der Waals surface area contributed by atoms with Crippen molar-refractivity contribution < 1.29 is 10.2 Å². The molecule has 4 heteroatoms. The predicted molar refractivity (Wildman–Crippen MR) is 57.9 cm³/mol. The van der Waals surface area contributed by atoms with E-state index >= 15 is 0 Å². The van der Waals surface area contributed by atoms with E-state index in [4.69, 9.17) is 10.8 Å². The number of hydrogen-bond donors (Lipinski definition) is 3. The van der Waals surface area contributed by atoms with Crippen LogP contribution in [0.2, 0.25) is 0 Å². The van der Waals surface area contributed by atoms with Gasteiger partial charge in [-0.1, -0.05) is 13.8 Å². The zero-order valence-corrected chi connectivity index (χ0v) is 9.42. The molecule has 4 unspecified atom stereocenters. The summed E-state index contributed by atoms with van der Waals surface area (Å²) in [7, 11) is 0. The highest BCUT2D eigenvalue weighted by atomic mass is 32.2. The highest BCUT2D eigenvalue weighted by Crippen LogP contribution is 2.22. The lowest BCUT2D eigenvalue weighted by Crippen LogP contribution is -2.36. The molecule has 0 bridgehead atoms. The van der Waals surface area contributed by atoms with Crippen molar-refractivity contribution in [2.75, 3.05) is 6.61 Å². The first-order valence-electron chi connectivity index (χ1n) is 4.72. The zero-order valence-electron chi connectivity index (χ0n) is 8.60. The Labute approximate surface area is 84.7 Å². The van der Waals surface area contributed by atoms with E-state index in [9.17, 15) is 5.11 Å². The standard InChI is InChI=1S/C9H21NO2S/c1-4-8(10)9(5-11)13-7(3)6(2)12/h6-9,11-12H,4-5,10H2,1-3H3. The fourth-order valence-corrected chi connectivity index (χ4v) is 2.19. The summed E-state index contributed by atoms with van der Waals surface area (Å²) >= 11 is 1.56. The molecule has 0 aromatic heterocycles. The van der Waals surface area contributed by atoms with Crippen molar-refractivity contribution in [1.82, 2.24) is 0 Å². The van der Waals surface area contributed by atoms with Crippen LogP contribution in [0.4, 0.5) is 0 Å². The number of hydrogen-bond acceptors (Lipinski definition) is 4. The molecule has 4 N–H and O–H groups in total. The SMILES string of the molecule is CCC(N)C(CO)SC(C)C(C)O. The van der Waals surface area contributed by atoms with Gasteiger partial charge < -0.3 is 15.9 Å². The number of aliphatic hydroxyl groups excluding tert-OH is 2. The minimum absolute atomic E-state index is 0.0104. The van der Waals surface area contributed by atoms with Crippen LogP contribution < -0.4 is 5.73 Å². The normalized spacial score (nSPS) is 20.8. The summed E-state index contributed by atoms with van der Waals surface area (Å²) in [6.07, 6.45) is 0.494. The van der Waals surface area contributed by atoms with Crippen LogP contribution in [0.1, 0.15) is 27.2 Å². The van der Waals surface area contributed by atoms with E-state index in [1.54, 1.807) is 18.7 Å². The summed E-state index contributed by atoms with van der Waals surface area (Å²) in [6, 6.07) is 0.0104. The molecular formula is C9H21NO2S. The molecule has 0 radical (unpaired) electrons. The molecule has 4 atom stereocenters. The van der Waals surface area contributed by atoms with Crippen molar-refractivity contribution in [3.8, 4) is 0 Å². The van der Waals surface area contributed by atoms with Gasteiger partial charge in [-0.3, -0.25) is 0 Å². The lowest BCUT2D eigenvalue weighted by Gasteiger charge is -2.24. The fourth-order valence-electron chi connectivity index (χ4n) is 0.932. The smallest absolute Gasteiger partial charge is 0.0628 e. The molecule has 0 aromatic carbocycles. The molecule has 0 saturated carbocycles. The third-order valence-corrected chi connectivity index (χ3v) is 3.87. The summed E-state index contributed by atoms with van der Waals surface area (Å²) in [6.45, 7) is 5.78. The Morgan fingerprint density at radius 1 is 1.38 bits per heavy atom. The molecule has 0 saturated heterocycles. The summed E-state index contributed by atoms with van der Waals surface area (Å²) in [5.41, 5.74) is 5.81. The van der Waals surface area contributed by atoms with Crippen LogP contribution in [0.15, 0.2) is 0 Å². The van der Waals surface area contributed by atoms with Crippen molar-refractivity contribution in [3.63, 3.8) is 0 Å². The molecule has 0 aliphatic heterocycles. The lowest BCUT2D eigenvalue weighted by molar-refractivity contribution is 0.195. The summed E-state index contributed by atoms with van der Waals surface area (Å²) in [5.74, 6) is 0. The van der Waals surface area contributed by atoms with Crippen molar-refractivity contribution in [2.45, 2.75) is 49.8 Å². The van der Waals surface area contributed by atoms with Gasteiger partial charge in [0.25, 0.3) is 0 Å². The molecule has 3 nitrogen and oxygen atoms in total. The van der Waals surface area contributed by atoms with E-state index in [1.165, 1.54) is 0 Å². The number of rotatable bonds is 6. The highest BCUT2D eigenvalue weighted by Gasteiger charge is 2.20. The molecule has 80 valence electrons. The van der Waals surface area contributed by atoms with Gasteiger partial charge in [0.05, 0.1) is 12.7 Å². The van der Waals surface area contributed by atoms with E-state index in [0.29, 0.717) is 0 Å². The monoisotopic (exact) mass is 207 g/mol. The maximum atomic E-state index is 9.28. The zero-order chi connectivity index (χ0) is 10.4. The van der Waals surface area contributed by atoms with Crippen molar-refractivity contribution in [1.29, 1.82) is 0 Å². The van der Waals surface area contributed by atoms with Crippen LogP contribution >= 0.6 is 11.8 Å². The molecule has 0 rings (SSSR count). The Morgan fingerprint density at radius 2 is 1.92 bits per heavy atom. The van der Waals surface area contributed by atoms with Gasteiger partial charge in [-0.2, -0.15) is 0 Å². The lowest BCUT2D eigenvalue weighted by atomic mass is 10.2. The van der Waals surface area contributed by atoms with Gasteiger partial charge in [-0.15, -0.1) is 11.8 Å². The van der Waals surface area contributed by atoms with Gasteiger partial charge in [0.15, 0.2) is 0 Å². The average Bonchev–Trinajstić information content (AvgIpc) is 2.12. The quantitative estimate of drug-likeness (QED) is 0.596. The third kappa shape index (κ3) is 4.86. The van der Waals surface area contributed by atoms with Gasteiger partial charge in [-0.25, -0.2) is 0 Å². The largest absolute Gasteiger partial charge is 0.395 e. The van der Waals surface area contributed by atoms with Crippen molar-refractivity contribution in [3.05, 3.63) is 0 Å². The average molecular weight is 207 g/mol. The van der Waals surface area contributed by atoms with Crippen LogP contribution in [-0.4, -0.2) is 39.5 Å². The minimum atomic E-state index is -0.358. The molecule has 0 aliphatic rings. The Bertz CT molecular complexity index is 133. The second-order valence-corrected chi connectivity index (χ2v) is 5.00. The second-order valence-electron chi connectivity index (χ2n) is 3.37. The first-order chi connectivity index (χ1) is 6.02. The number of nitrogens with two attached hydrogens (primary N) is 1. The Morgan fingerprint density at radius 3 is 2.23 bits per heavy atom. The van der Waals surface area contributed by atoms with E-state index in [1.807, 2.05) is 13.8 Å². The molecule has 0 aromatic rings. The predicted octanol–water partition coefficient (Wildman–Crippen LogP) is 0.587. The molecule has 0 spiro atoms. The molecule has 0 aliphatic carbocycles. The topological polar surface area (TPSA) is 66.5 Å². The minimum Gasteiger partial charge on any atom is -0.395 e. The van der Waals surface area contributed by atoms with E-state index in [2.05, 4.69) is 0 Å². The van der Waals surface area contributed by atoms with E-state index in [0.717, 1.165) is 6.42 Å². The van der Waals surface area contributed by atoms with Gasteiger partial charge in [0.1, 0.15) is 0 Å². The molecule has 13 heavy (non-hydrogen) atoms. The summed E-state index contributed by atoms with van der Waals surface area (Å²) < 4.78 is 0. The van der Waals surface area contributed by atoms with Crippen LogP contribution in [0.3, 0.4) is 0 Å². The summed E-state index contributed by atoms with van der Waals surface area (Å²) in [4.78, 5) is 0. The fraction of sp³-hybridized carbons (Fsp3) is 1.00. The van der Waals surface area contributed by atoms with Gasteiger partial charge in [-0.05, 0) is 13.3 Å². The number of aliphatic hydroxyl groups is 2. The van der Waals surface area contributed by atoms with E-state index < -0.39 is 0 Å². The van der Waals surface area contributed by atoms with Crippen LogP contribution in [0.5, 0.6) is 0 Å². The third-order valence-electron chi connectivity index (χ3n) is 2.20. The first-order valence-corrected chi connectivity index (χ1v) is 5.67. The second kappa shape index (κ2) is 6.65. The Balaban J connectivity index is 3.97. The number of thioether (sulfide) groups is 1. The van der Waals surface area contributed by atoms with Crippen LogP contribution in [0, 0.1) is 0 Å². The molecule has 0 fully saturated rings. The maximum absolute atomic E-state index is 9.28. The van der Waals surface area contributed by atoms with Gasteiger partial charge >= 0.3 is 0 Å². The molecular weight excluding hydrogens is 186 g/mol. The van der Waals surface area contributed by atoms with Gasteiger partial charge in [0, 0.05) is 16.5 Å². The Kier molecular flexibility index (Phi) is 6.77. The van der Waals surface area contributed by atoms with E-state index in [-0.39, 0.29) is 29.3 Å². The summed E-state index contributed by atoms with van der Waals surface area (Å²) in [5, 5.41) is 18.5. The molecule has 0 heterocycles. The van der Waals surface area contributed by atoms with Crippen LogP contribution in [0.25, 0.3) is 0 Å². The van der Waals surface area contributed by atoms with Crippen molar-refractivity contribution in [2.24, 2.45) is 5.73 Å². The van der Waals surface area contributed by atoms with Gasteiger partial charge in [0.2, 0.25) is 0 Å². The van der Waals surface area contributed by atoms with Crippen LogP contribution in [-0.2, 0) is 0 Å². The van der Waals surface area contributed by atoms with Crippen molar-refractivity contribution >= 4 is 11.8 Å².